The summed E-state index contributed by atoms with van der Waals surface area (Å²) < 4.78 is 33.3. The lowest BCUT2D eigenvalue weighted by molar-refractivity contribution is -0.318. The highest BCUT2D eigenvalue weighted by Crippen LogP contribution is 2.39. The fourth-order valence-corrected chi connectivity index (χ4v) is 5.50. The number of halogens is 1. The van der Waals surface area contributed by atoms with Crippen molar-refractivity contribution in [1.82, 2.24) is 0 Å². The molecule has 44 heavy (non-hydrogen) atoms. The summed E-state index contributed by atoms with van der Waals surface area (Å²) in [4.78, 5) is 13.0. The fraction of sp³-hybridized carbons (Fsp3) is 0.464. The molecule has 16 heteroatoms. The smallest absolute Gasteiger partial charge is 0.229 e. The zero-order valence-electron chi connectivity index (χ0n) is 23.2. The van der Waals surface area contributed by atoms with Gasteiger partial charge in [0.25, 0.3) is 0 Å². The monoisotopic (exact) mass is 734 g/mol. The Balaban J connectivity index is 1.40. The van der Waals surface area contributed by atoms with E-state index in [1.165, 1.54) is 32.2 Å². The fourth-order valence-electron chi connectivity index (χ4n) is 4.94. The first-order valence-electron chi connectivity index (χ1n) is 13.4. The molecule has 10 atom stereocenters. The van der Waals surface area contributed by atoms with E-state index in [2.05, 4.69) is 0 Å². The lowest BCUT2D eigenvalue weighted by atomic mass is 9.98. The Bertz CT molecular complexity index is 1560. The molecule has 5 rings (SSSR count). The summed E-state index contributed by atoms with van der Waals surface area (Å²) in [5.74, 6) is -0.540. The molecule has 2 aliphatic heterocycles. The van der Waals surface area contributed by atoms with Gasteiger partial charge in [0.1, 0.15) is 71.0 Å². The molecule has 8 N–H and O–H groups in total. The number of phenolic OH excluding ortho intramolecular Hbond substituents is 2. The number of hydrogen-bond donors (Lipinski definition) is 8. The Morgan fingerprint density at radius 2 is 1.52 bits per heavy atom. The van der Waals surface area contributed by atoms with Gasteiger partial charge in [-0.3, -0.25) is 4.79 Å². The molecule has 3 heterocycles. The molecule has 0 spiro atoms. The van der Waals surface area contributed by atoms with E-state index in [0.717, 1.165) is 6.07 Å². The molecule has 10 unspecified atom stereocenters. The average molecular weight is 734 g/mol. The molecule has 15 nitrogen and oxygen atoms in total. The van der Waals surface area contributed by atoms with Crippen LogP contribution in [-0.4, -0.2) is 116 Å². The van der Waals surface area contributed by atoms with Gasteiger partial charge in [0.15, 0.2) is 23.2 Å². The molecule has 2 fully saturated rings. The van der Waals surface area contributed by atoms with Crippen LogP contribution in [0.2, 0.25) is 0 Å². The van der Waals surface area contributed by atoms with Crippen molar-refractivity contribution >= 4 is 33.6 Å². The number of rotatable bonds is 7. The van der Waals surface area contributed by atoms with Gasteiger partial charge in [-0.05, 0) is 47.7 Å². The minimum absolute atomic E-state index is 0.0433. The van der Waals surface area contributed by atoms with Crippen LogP contribution in [0.3, 0.4) is 0 Å². The molecule has 2 aliphatic rings. The molecule has 3 aromatic rings. The van der Waals surface area contributed by atoms with E-state index >= 15 is 0 Å². The third-order valence-electron chi connectivity index (χ3n) is 7.51. The molecule has 1 aromatic heterocycles. The van der Waals surface area contributed by atoms with Crippen LogP contribution in [0.1, 0.15) is 6.92 Å². The van der Waals surface area contributed by atoms with Crippen molar-refractivity contribution in [2.75, 3.05) is 13.7 Å². The molecule has 2 saturated heterocycles. The Morgan fingerprint density at radius 1 is 0.841 bits per heavy atom. The summed E-state index contributed by atoms with van der Waals surface area (Å²) in [6.45, 7) is 0.952. The van der Waals surface area contributed by atoms with Gasteiger partial charge in [0.05, 0.1) is 23.4 Å². The standard InChI is InChI=1S/C28H31IO15/c1-9-20(32)23(35)25(37)27(41-9)40-8-17-21(33)24(36)26(38)28(44-17)43-16-7-15-18(22(34)19(16)29)12(31)6-14(42-15)10-3-4-13(39-2)11(30)5-10/h3-7,9,17,20-21,23-28,30,32-38H,8H2,1-2H3. The van der Waals surface area contributed by atoms with Crippen LogP contribution < -0.4 is 14.9 Å². The van der Waals surface area contributed by atoms with Gasteiger partial charge in [0, 0.05) is 17.7 Å². The molecular formula is C28H31IO15. The Labute approximate surface area is 262 Å². The van der Waals surface area contributed by atoms with Crippen LogP contribution in [0.5, 0.6) is 23.0 Å². The van der Waals surface area contributed by atoms with Crippen LogP contribution >= 0.6 is 22.6 Å². The van der Waals surface area contributed by atoms with Gasteiger partial charge in [-0.25, -0.2) is 0 Å². The summed E-state index contributed by atoms with van der Waals surface area (Å²) in [5, 5.41) is 82.6. The highest BCUT2D eigenvalue weighted by Gasteiger charge is 2.47. The van der Waals surface area contributed by atoms with Gasteiger partial charge >= 0.3 is 0 Å². The first-order valence-corrected chi connectivity index (χ1v) is 14.4. The number of aliphatic hydroxyl groups excluding tert-OH is 6. The minimum Gasteiger partial charge on any atom is -0.506 e. The molecule has 0 aliphatic carbocycles. The number of fused-ring (bicyclic) bond motifs is 1. The van der Waals surface area contributed by atoms with Gasteiger partial charge in [-0.1, -0.05) is 0 Å². The predicted molar refractivity (Wildman–Crippen MR) is 156 cm³/mol. The Kier molecular flexibility index (Phi) is 9.57. The predicted octanol–water partition coefficient (Wildman–Crippen LogP) is -0.485. The van der Waals surface area contributed by atoms with E-state index < -0.39 is 79.2 Å². The van der Waals surface area contributed by atoms with Gasteiger partial charge in [-0.15, -0.1) is 0 Å². The first kappa shape index (κ1) is 32.6. The second kappa shape index (κ2) is 12.9. The van der Waals surface area contributed by atoms with Crippen molar-refractivity contribution in [1.29, 1.82) is 0 Å². The van der Waals surface area contributed by atoms with E-state index in [1.54, 1.807) is 28.7 Å². The Morgan fingerprint density at radius 3 is 2.20 bits per heavy atom. The number of methoxy groups -OCH3 is 1. The van der Waals surface area contributed by atoms with E-state index in [4.69, 9.17) is 28.1 Å². The largest absolute Gasteiger partial charge is 0.506 e. The van der Waals surface area contributed by atoms with Crippen molar-refractivity contribution in [3.63, 3.8) is 0 Å². The third-order valence-corrected chi connectivity index (χ3v) is 8.55. The molecular weight excluding hydrogens is 703 g/mol. The number of benzene rings is 2. The van der Waals surface area contributed by atoms with Gasteiger partial charge in [0.2, 0.25) is 6.29 Å². The summed E-state index contributed by atoms with van der Waals surface area (Å²) in [7, 11) is 1.38. The normalized spacial score (nSPS) is 32.5. The zero-order chi connectivity index (χ0) is 32.0. The van der Waals surface area contributed by atoms with E-state index in [0.29, 0.717) is 5.56 Å². The molecule has 2 aromatic carbocycles. The Hall–Kier alpha value is -2.78. The topological polar surface area (TPSA) is 238 Å². The highest BCUT2D eigenvalue weighted by atomic mass is 127. The molecule has 0 saturated carbocycles. The van der Waals surface area contributed by atoms with Crippen LogP contribution in [0.4, 0.5) is 0 Å². The van der Waals surface area contributed by atoms with Gasteiger partial charge < -0.3 is 69.0 Å². The minimum atomic E-state index is -1.79. The van der Waals surface area contributed by atoms with Crippen LogP contribution in [0.15, 0.2) is 39.5 Å². The number of aliphatic hydroxyl groups is 6. The molecule has 0 amide bonds. The first-order chi connectivity index (χ1) is 20.8. The number of aromatic hydroxyl groups is 2. The van der Waals surface area contributed by atoms with Crippen molar-refractivity contribution in [2.24, 2.45) is 0 Å². The lowest BCUT2D eigenvalue weighted by Crippen LogP contribution is -2.61. The SMILES string of the molecule is COc1ccc(-c2cc(=O)c3c(O)c(I)c(OC4OC(COC5OC(C)C(O)C(O)C5O)C(O)C(O)C4O)cc3o2)cc1O. The zero-order valence-corrected chi connectivity index (χ0v) is 25.3. The third kappa shape index (κ3) is 6.06. The van der Waals surface area contributed by atoms with Crippen LogP contribution in [0, 0.1) is 3.57 Å². The second-order valence-electron chi connectivity index (χ2n) is 10.4. The maximum absolute atomic E-state index is 13.0. The van der Waals surface area contributed by atoms with E-state index in [1.807, 2.05) is 0 Å². The molecule has 0 bridgehead atoms. The molecule has 0 radical (unpaired) electrons. The summed E-state index contributed by atoms with van der Waals surface area (Å²) in [6, 6.07) is 6.77. The van der Waals surface area contributed by atoms with Crippen molar-refractivity contribution in [3.8, 4) is 34.3 Å². The van der Waals surface area contributed by atoms with Crippen LogP contribution in [-0.2, 0) is 14.2 Å². The van der Waals surface area contributed by atoms with E-state index in [9.17, 15) is 45.6 Å². The van der Waals surface area contributed by atoms with Crippen molar-refractivity contribution < 1.29 is 69.0 Å². The van der Waals surface area contributed by atoms with Gasteiger partial charge in [-0.2, -0.15) is 0 Å². The van der Waals surface area contributed by atoms with Crippen molar-refractivity contribution in [2.45, 2.75) is 68.3 Å². The number of ether oxygens (including phenoxy) is 5. The lowest BCUT2D eigenvalue weighted by Gasteiger charge is -2.42. The number of phenols is 2. The average Bonchev–Trinajstić information content (AvgIpc) is 3.00. The van der Waals surface area contributed by atoms with Crippen LogP contribution in [0.25, 0.3) is 22.3 Å². The van der Waals surface area contributed by atoms with Crippen molar-refractivity contribution in [3.05, 3.63) is 44.1 Å². The number of hydrogen-bond acceptors (Lipinski definition) is 15. The maximum Gasteiger partial charge on any atom is 0.229 e. The maximum atomic E-state index is 13.0. The molecule has 240 valence electrons. The second-order valence-corrected chi connectivity index (χ2v) is 11.5. The summed E-state index contributed by atoms with van der Waals surface area (Å²) >= 11 is 1.71. The summed E-state index contributed by atoms with van der Waals surface area (Å²) in [6.07, 6.45) is -15.1. The van der Waals surface area contributed by atoms with E-state index in [-0.39, 0.29) is 37.5 Å². The quantitative estimate of drug-likeness (QED) is 0.143. The summed E-state index contributed by atoms with van der Waals surface area (Å²) in [5.41, 5.74) is -0.376. The highest BCUT2D eigenvalue weighted by molar-refractivity contribution is 14.1.